The van der Waals surface area contributed by atoms with Crippen LogP contribution in [0.1, 0.15) is 28.5 Å². The average Bonchev–Trinajstić information content (AvgIpc) is 2.84. The summed E-state index contributed by atoms with van der Waals surface area (Å²) in [5.41, 5.74) is 4.11. The Morgan fingerprint density at radius 2 is 1.64 bits per heavy atom. The van der Waals surface area contributed by atoms with Crippen LogP contribution < -0.4 is 15.1 Å². The molecule has 2 aromatic rings. The first-order valence-electron chi connectivity index (χ1n) is 9.10. The van der Waals surface area contributed by atoms with Gasteiger partial charge < -0.3 is 15.1 Å². The lowest BCUT2D eigenvalue weighted by atomic mass is 10.1. The Hall–Kier alpha value is -1.69. The lowest BCUT2D eigenvalue weighted by Crippen LogP contribution is -3.27. The molecular formula is C20H29N3OS+2. The summed E-state index contributed by atoms with van der Waals surface area (Å²) >= 11 is 1.71. The van der Waals surface area contributed by atoms with Crippen molar-refractivity contribution >= 4 is 22.2 Å². The molecule has 25 heavy (non-hydrogen) atoms. The van der Waals surface area contributed by atoms with Gasteiger partial charge in [-0.15, -0.1) is 11.3 Å². The van der Waals surface area contributed by atoms with Crippen molar-refractivity contribution in [2.75, 3.05) is 31.5 Å². The van der Waals surface area contributed by atoms with Crippen molar-refractivity contribution in [3.63, 3.8) is 0 Å². The van der Waals surface area contributed by atoms with Crippen LogP contribution in [0.4, 0.5) is 5.00 Å². The van der Waals surface area contributed by atoms with Crippen molar-refractivity contribution in [3.8, 4) is 0 Å². The zero-order valence-corrected chi connectivity index (χ0v) is 16.3. The zero-order chi connectivity index (χ0) is 17.8. The van der Waals surface area contributed by atoms with Gasteiger partial charge in [0, 0.05) is 22.9 Å². The van der Waals surface area contributed by atoms with E-state index in [0.29, 0.717) is 0 Å². The van der Waals surface area contributed by atoms with E-state index >= 15 is 0 Å². The molecule has 3 N–H and O–H groups in total. The van der Waals surface area contributed by atoms with E-state index in [0.717, 1.165) is 18.1 Å². The van der Waals surface area contributed by atoms with Gasteiger partial charge in [0.15, 0.2) is 0 Å². The highest BCUT2D eigenvalue weighted by atomic mass is 32.1. The van der Waals surface area contributed by atoms with E-state index in [1.807, 2.05) is 0 Å². The topological polar surface area (TPSA) is 38.0 Å². The maximum absolute atomic E-state index is 11.5. The van der Waals surface area contributed by atoms with E-state index in [4.69, 9.17) is 0 Å². The second-order valence-electron chi connectivity index (χ2n) is 7.11. The number of rotatable bonds is 5. The number of carbonyl (C=O) groups excluding carboxylic acids is 1. The summed E-state index contributed by atoms with van der Waals surface area (Å²) in [6.45, 7) is 12.9. The third-order valence-corrected chi connectivity index (χ3v) is 6.35. The van der Waals surface area contributed by atoms with Gasteiger partial charge in [-0.2, -0.15) is 0 Å². The van der Waals surface area contributed by atoms with Gasteiger partial charge in [0.05, 0.1) is 0 Å². The largest absolute Gasteiger partial charge is 0.322 e. The van der Waals surface area contributed by atoms with Crippen molar-refractivity contribution < 1.29 is 14.6 Å². The van der Waals surface area contributed by atoms with Crippen molar-refractivity contribution in [1.82, 2.24) is 0 Å². The first-order valence-corrected chi connectivity index (χ1v) is 9.92. The summed E-state index contributed by atoms with van der Waals surface area (Å²) in [4.78, 5) is 16.1. The average molecular weight is 360 g/mol. The molecule has 0 aliphatic carbocycles. The highest BCUT2D eigenvalue weighted by Gasteiger charge is 2.25. The molecule has 1 aliphatic rings. The van der Waals surface area contributed by atoms with E-state index in [-0.39, 0.29) is 5.91 Å². The molecule has 2 heterocycles. The molecule has 1 saturated heterocycles. The minimum atomic E-state index is 0.0228. The molecule has 1 aromatic carbocycles. The fourth-order valence-electron chi connectivity index (χ4n) is 3.59. The third kappa shape index (κ3) is 4.69. The molecule has 3 rings (SSSR count). The summed E-state index contributed by atoms with van der Waals surface area (Å²) in [5, 5.41) is 4.08. The Bertz CT molecular complexity index is 718. The first kappa shape index (κ1) is 18.1. The van der Waals surface area contributed by atoms with Gasteiger partial charge in [0.1, 0.15) is 44.3 Å². The third-order valence-electron chi connectivity index (χ3n) is 5.19. The van der Waals surface area contributed by atoms with Crippen molar-refractivity contribution in [2.24, 2.45) is 0 Å². The number of hydrogen-bond donors (Lipinski definition) is 3. The van der Waals surface area contributed by atoms with Crippen LogP contribution in [0.2, 0.25) is 0 Å². The maximum atomic E-state index is 11.5. The number of aryl methyl sites for hydroxylation is 1. The van der Waals surface area contributed by atoms with E-state index in [2.05, 4.69) is 49.5 Å². The summed E-state index contributed by atoms with van der Waals surface area (Å²) in [5.74, 6) is 0.0228. The molecule has 0 bridgehead atoms. The fraction of sp³-hybridized carbons (Fsp3) is 0.450. The second-order valence-corrected chi connectivity index (χ2v) is 8.34. The lowest BCUT2D eigenvalue weighted by Gasteiger charge is -2.30. The number of piperazine rings is 1. The van der Waals surface area contributed by atoms with Crippen molar-refractivity contribution in [1.29, 1.82) is 0 Å². The molecule has 0 atom stereocenters. The normalized spacial score (nSPS) is 20.4. The predicted molar refractivity (Wildman–Crippen MR) is 103 cm³/mol. The quantitative estimate of drug-likeness (QED) is 0.726. The highest BCUT2D eigenvalue weighted by molar-refractivity contribution is 7.16. The predicted octanol–water partition coefficient (Wildman–Crippen LogP) is 0.807. The van der Waals surface area contributed by atoms with Crippen molar-refractivity contribution in [2.45, 2.75) is 33.9 Å². The Morgan fingerprint density at radius 3 is 2.24 bits per heavy atom. The smallest absolute Gasteiger partial charge is 0.221 e. The summed E-state index contributed by atoms with van der Waals surface area (Å²) in [7, 11) is 0. The standard InChI is InChI=1S/C20H27N3OS/c1-15-16(2)25-20(21-17(3)24)19(15)14-23-11-9-22(10-12-23)13-18-7-5-4-6-8-18/h4-8H,9-14H2,1-3H3,(H,21,24)/p+2. The Kier molecular flexibility index (Phi) is 5.89. The van der Waals surface area contributed by atoms with E-state index in [1.165, 1.54) is 47.7 Å². The number of carbonyl (C=O) groups is 1. The number of hydrogen-bond acceptors (Lipinski definition) is 2. The minimum absolute atomic E-state index is 0.0228. The Labute approximate surface area is 154 Å². The van der Waals surface area contributed by atoms with Crippen LogP contribution in [-0.2, 0) is 17.9 Å². The van der Waals surface area contributed by atoms with Crippen LogP contribution in [0, 0.1) is 13.8 Å². The molecule has 0 spiro atoms. The number of nitrogens with one attached hydrogen (secondary N) is 3. The van der Waals surface area contributed by atoms with E-state index < -0.39 is 0 Å². The van der Waals surface area contributed by atoms with Crippen molar-refractivity contribution in [3.05, 3.63) is 51.9 Å². The van der Waals surface area contributed by atoms with E-state index in [9.17, 15) is 4.79 Å². The molecule has 1 aliphatic heterocycles. The van der Waals surface area contributed by atoms with Crippen LogP contribution in [0.5, 0.6) is 0 Å². The molecule has 1 amide bonds. The molecule has 0 radical (unpaired) electrons. The highest BCUT2D eigenvalue weighted by Crippen LogP contribution is 2.31. The number of benzene rings is 1. The summed E-state index contributed by atoms with van der Waals surface area (Å²) in [6, 6.07) is 10.8. The number of thiophene rings is 1. The van der Waals surface area contributed by atoms with Crippen LogP contribution >= 0.6 is 11.3 Å². The van der Waals surface area contributed by atoms with Crippen LogP contribution in [0.15, 0.2) is 30.3 Å². The van der Waals surface area contributed by atoms with Crippen LogP contribution in [0.3, 0.4) is 0 Å². The van der Waals surface area contributed by atoms with Gasteiger partial charge in [-0.1, -0.05) is 30.3 Å². The van der Waals surface area contributed by atoms with Crippen LogP contribution in [0.25, 0.3) is 0 Å². The number of anilines is 1. The summed E-state index contributed by atoms with van der Waals surface area (Å²) in [6.07, 6.45) is 0. The molecule has 0 unspecified atom stereocenters. The lowest BCUT2D eigenvalue weighted by molar-refractivity contribution is -1.02. The van der Waals surface area contributed by atoms with Gasteiger partial charge in [-0.3, -0.25) is 4.79 Å². The minimum Gasteiger partial charge on any atom is -0.322 e. The monoisotopic (exact) mass is 359 g/mol. The van der Waals surface area contributed by atoms with E-state index in [1.54, 1.807) is 28.1 Å². The number of quaternary nitrogens is 2. The molecule has 134 valence electrons. The Morgan fingerprint density at radius 1 is 1.04 bits per heavy atom. The second kappa shape index (κ2) is 8.13. The zero-order valence-electron chi connectivity index (χ0n) is 15.4. The van der Waals surface area contributed by atoms with Gasteiger partial charge in [-0.25, -0.2) is 0 Å². The fourth-order valence-corrected chi connectivity index (χ4v) is 4.72. The SMILES string of the molecule is CC(=O)Nc1sc(C)c(C)c1C[NH+]1CC[NH+](Cc2ccccc2)CC1. The first-order chi connectivity index (χ1) is 12.0. The molecular weight excluding hydrogens is 330 g/mol. The number of amides is 1. The van der Waals surface area contributed by atoms with Gasteiger partial charge >= 0.3 is 0 Å². The molecule has 1 aromatic heterocycles. The molecule has 1 fully saturated rings. The summed E-state index contributed by atoms with van der Waals surface area (Å²) < 4.78 is 0. The molecule has 5 heteroatoms. The molecule has 4 nitrogen and oxygen atoms in total. The van der Waals surface area contributed by atoms with Gasteiger partial charge in [-0.05, 0) is 19.4 Å². The maximum Gasteiger partial charge on any atom is 0.221 e. The van der Waals surface area contributed by atoms with Gasteiger partial charge in [0.2, 0.25) is 5.91 Å². The molecule has 0 saturated carbocycles. The Balaban J connectivity index is 1.58. The van der Waals surface area contributed by atoms with Crippen LogP contribution in [-0.4, -0.2) is 32.1 Å². The van der Waals surface area contributed by atoms with Gasteiger partial charge in [0.25, 0.3) is 0 Å².